The lowest BCUT2D eigenvalue weighted by Crippen LogP contribution is -2.30. The van der Waals surface area contributed by atoms with Gasteiger partial charge >= 0.3 is 0 Å². The first kappa shape index (κ1) is 9.80. The van der Waals surface area contributed by atoms with Crippen LogP contribution in [0, 0.1) is 5.21 Å². The van der Waals surface area contributed by atoms with Crippen molar-refractivity contribution in [3.8, 4) is 0 Å². The Bertz CT molecular complexity index is 246. The number of carbonyl (C=O) groups excluding carboxylic acids is 1. The van der Waals surface area contributed by atoms with Crippen molar-refractivity contribution in [2.45, 2.75) is 13.3 Å². The summed E-state index contributed by atoms with van der Waals surface area (Å²) in [6.07, 6.45) is 5.54. The van der Waals surface area contributed by atoms with Gasteiger partial charge in [-0.3, -0.25) is 4.79 Å². The van der Waals surface area contributed by atoms with Crippen LogP contribution in [0.3, 0.4) is 0 Å². The van der Waals surface area contributed by atoms with E-state index in [1.54, 1.807) is 12.2 Å². The van der Waals surface area contributed by atoms with Crippen LogP contribution in [0.15, 0.2) is 23.9 Å². The Morgan fingerprint density at radius 1 is 1.77 bits per heavy atom. The van der Waals surface area contributed by atoms with E-state index in [2.05, 4.69) is 5.32 Å². The second-order valence-corrected chi connectivity index (χ2v) is 2.86. The first-order chi connectivity index (χ1) is 6.24. The highest BCUT2D eigenvalue weighted by atomic mass is 16.5. The van der Waals surface area contributed by atoms with Crippen LogP contribution in [0.4, 0.5) is 0 Å². The van der Waals surface area contributed by atoms with Crippen LogP contribution >= 0.6 is 0 Å². The molecule has 1 aliphatic heterocycles. The predicted octanol–water partition coefficient (Wildman–Crippen LogP) is 0.766. The van der Waals surface area contributed by atoms with E-state index < -0.39 is 0 Å². The SMILES string of the molecule is CCCNC(=O)C1=CC=CN([O-])C1. The molecule has 4 nitrogen and oxygen atoms in total. The number of hydrogen-bond donors (Lipinski definition) is 1. The van der Waals surface area contributed by atoms with Crippen LogP contribution in [0.2, 0.25) is 0 Å². The van der Waals surface area contributed by atoms with Crippen molar-refractivity contribution < 1.29 is 4.79 Å². The van der Waals surface area contributed by atoms with E-state index in [4.69, 9.17) is 0 Å². The summed E-state index contributed by atoms with van der Waals surface area (Å²) in [4.78, 5) is 11.3. The lowest BCUT2D eigenvalue weighted by atomic mass is 10.2. The average molecular weight is 181 g/mol. The number of amides is 1. The number of nitrogens with one attached hydrogen (secondary N) is 1. The third-order valence-corrected chi connectivity index (χ3v) is 1.70. The molecule has 1 amide bonds. The van der Waals surface area contributed by atoms with Crippen molar-refractivity contribution in [2.75, 3.05) is 13.1 Å². The highest BCUT2D eigenvalue weighted by Gasteiger charge is 2.09. The Morgan fingerprint density at radius 2 is 2.54 bits per heavy atom. The molecule has 0 bridgehead atoms. The number of allylic oxidation sites excluding steroid dienone is 2. The molecule has 0 saturated carbocycles. The van der Waals surface area contributed by atoms with Gasteiger partial charge in [-0.05, 0) is 18.7 Å². The minimum atomic E-state index is -0.146. The maximum absolute atomic E-state index is 11.3. The third kappa shape index (κ3) is 2.91. The van der Waals surface area contributed by atoms with Crippen molar-refractivity contribution in [1.29, 1.82) is 0 Å². The summed E-state index contributed by atoms with van der Waals surface area (Å²) in [7, 11) is 0. The smallest absolute Gasteiger partial charge is 0.248 e. The zero-order valence-corrected chi connectivity index (χ0v) is 7.62. The van der Waals surface area contributed by atoms with Gasteiger partial charge in [-0.1, -0.05) is 13.0 Å². The molecule has 0 unspecified atom stereocenters. The maximum atomic E-state index is 11.3. The zero-order valence-electron chi connectivity index (χ0n) is 7.62. The van der Waals surface area contributed by atoms with E-state index in [0.29, 0.717) is 12.1 Å². The van der Waals surface area contributed by atoms with Crippen LogP contribution in [0.25, 0.3) is 0 Å². The summed E-state index contributed by atoms with van der Waals surface area (Å²) < 4.78 is 0. The molecule has 1 aliphatic rings. The second-order valence-electron chi connectivity index (χ2n) is 2.86. The van der Waals surface area contributed by atoms with Crippen LogP contribution < -0.4 is 5.32 Å². The highest BCUT2D eigenvalue weighted by molar-refractivity contribution is 5.94. The molecule has 13 heavy (non-hydrogen) atoms. The Kier molecular flexibility index (Phi) is 3.52. The third-order valence-electron chi connectivity index (χ3n) is 1.70. The fraction of sp³-hybridized carbons (Fsp3) is 0.444. The van der Waals surface area contributed by atoms with E-state index in [1.807, 2.05) is 6.92 Å². The van der Waals surface area contributed by atoms with Gasteiger partial charge < -0.3 is 15.6 Å². The molecule has 0 fully saturated rings. The summed E-state index contributed by atoms with van der Waals surface area (Å²) >= 11 is 0. The summed E-state index contributed by atoms with van der Waals surface area (Å²) in [5.74, 6) is -0.146. The van der Waals surface area contributed by atoms with Gasteiger partial charge in [0.15, 0.2) is 0 Å². The van der Waals surface area contributed by atoms with E-state index in [-0.39, 0.29) is 12.5 Å². The maximum Gasteiger partial charge on any atom is 0.248 e. The van der Waals surface area contributed by atoms with Crippen molar-refractivity contribution >= 4 is 5.91 Å². The van der Waals surface area contributed by atoms with E-state index in [1.165, 1.54) is 6.20 Å². The molecule has 0 aromatic rings. The van der Waals surface area contributed by atoms with Gasteiger partial charge in [-0.2, -0.15) is 0 Å². The predicted molar refractivity (Wildman–Crippen MR) is 50.6 cm³/mol. The largest absolute Gasteiger partial charge is 0.758 e. The molecule has 4 heteroatoms. The van der Waals surface area contributed by atoms with Crippen molar-refractivity contribution in [3.63, 3.8) is 0 Å². The van der Waals surface area contributed by atoms with Gasteiger partial charge in [-0.25, -0.2) is 0 Å². The molecule has 0 spiro atoms. The molecule has 1 rings (SSSR count). The van der Waals surface area contributed by atoms with Crippen LogP contribution in [0.5, 0.6) is 0 Å². The molecular weight excluding hydrogens is 168 g/mol. The fourth-order valence-electron chi connectivity index (χ4n) is 1.03. The molecule has 0 aromatic carbocycles. The van der Waals surface area contributed by atoms with Crippen molar-refractivity contribution in [2.24, 2.45) is 0 Å². The average Bonchev–Trinajstić information content (AvgIpc) is 2.14. The van der Waals surface area contributed by atoms with Crippen molar-refractivity contribution in [3.05, 3.63) is 29.1 Å². The first-order valence-corrected chi connectivity index (χ1v) is 4.33. The first-order valence-electron chi connectivity index (χ1n) is 4.33. The minimum absolute atomic E-state index is 0.145. The second kappa shape index (κ2) is 4.67. The molecule has 0 aliphatic carbocycles. The Morgan fingerprint density at radius 3 is 3.15 bits per heavy atom. The quantitative estimate of drug-likeness (QED) is 0.699. The molecule has 0 atom stereocenters. The topological polar surface area (TPSA) is 55.4 Å². The molecule has 72 valence electrons. The Labute approximate surface area is 77.5 Å². The van der Waals surface area contributed by atoms with Crippen LogP contribution in [0.1, 0.15) is 13.3 Å². The number of rotatable bonds is 3. The molecular formula is C9H13N2O2-. The van der Waals surface area contributed by atoms with Gasteiger partial charge in [0, 0.05) is 18.7 Å². The standard InChI is InChI=1S/C9H13N2O2/c1-2-5-10-9(12)8-4-3-6-11(13)7-8/h3-4,6H,2,5,7H2,1H3,(H,10,12)/q-1. The lowest BCUT2D eigenvalue weighted by molar-refractivity contribution is -0.117. The van der Waals surface area contributed by atoms with Gasteiger partial charge in [0.25, 0.3) is 0 Å². The number of carbonyl (C=O) groups is 1. The summed E-state index contributed by atoms with van der Waals surface area (Å²) in [6.45, 7) is 2.78. The highest BCUT2D eigenvalue weighted by Crippen LogP contribution is 2.05. The van der Waals surface area contributed by atoms with Gasteiger partial charge in [-0.15, -0.1) is 0 Å². The van der Waals surface area contributed by atoms with Crippen molar-refractivity contribution in [1.82, 2.24) is 10.4 Å². The lowest BCUT2D eigenvalue weighted by Gasteiger charge is -2.29. The Balaban J connectivity index is 2.47. The number of nitrogens with zero attached hydrogens (tertiary/aromatic N) is 1. The summed E-state index contributed by atoms with van der Waals surface area (Å²) in [6, 6.07) is 0. The van der Waals surface area contributed by atoms with E-state index >= 15 is 0 Å². The van der Waals surface area contributed by atoms with Gasteiger partial charge in [0.1, 0.15) is 0 Å². The molecule has 0 aromatic heterocycles. The molecule has 0 saturated heterocycles. The van der Waals surface area contributed by atoms with Crippen LogP contribution in [-0.2, 0) is 4.79 Å². The monoisotopic (exact) mass is 181 g/mol. The number of hydroxylamine groups is 2. The molecule has 1 heterocycles. The van der Waals surface area contributed by atoms with Gasteiger partial charge in [0.2, 0.25) is 5.91 Å². The summed E-state index contributed by atoms with van der Waals surface area (Å²) in [5.41, 5.74) is 0.519. The fourth-order valence-corrected chi connectivity index (χ4v) is 1.03. The van der Waals surface area contributed by atoms with E-state index in [9.17, 15) is 10.0 Å². The van der Waals surface area contributed by atoms with Gasteiger partial charge in [0.05, 0.1) is 0 Å². The number of hydrogen-bond acceptors (Lipinski definition) is 3. The molecule has 1 N–H and O–H groups in total. The Hall–Kier alpha value is -1.29. The zero-order chi connectivity index (χ0) is 9.68. The van der Waals surface area contributed by atoms with Crippen LogP contribution in [-0.4, -0.2) is 24.1 Å². The normalized spacial score (nSPS) is 15.5. The molecule has 0 radical (unpaired) electrons. The summed E-state index contributed by atoms with van der Waals surface area (Å²) in [5, 5.41) is 14.3. The minimum Gasteiger partial charge on any atom is -0.758 e. The van der Waals surface area contributed by atoms with E-state index in [0.717, 1.165) is 11.5 Å².